The number of carbonyl (C=O) groups excluding carboxylic acids is 1. The van der Waals surface area contributed by atoms with Crippen LogP contribution in [0.5, 0.6) is 0 Å². The Labute approximate surface area is 168 Å². The predicted octanol–water partition coefficient (Wildman–Crippen LogP) is 2.22. The highest BCUT2D eigenvalue weighted by Gasteiger charge is 2.39. The summed E-state index contributed by atoms with van der Waals surface area (Å²) in [6.07, 6.45) is 2.52. The molecule has 1 aliphatic carbocycles. The molecular weight excluding hydrogens is 356 g/mol. The minimum Gasteiger partial charge on any atom is -0.444 e. The number of carbonyl (C=O) groups is 1. The van der Waals surface area contributed by atoms with Crippen molar-refractivity contribution in [3.63, 3.8) is 0 Å². The van der Waals surface area contributed by atoms with Gasteiger partial charge in [-0.1, -0.05) is 6.07 Å². The van der Waals surface area contributed by atoms with Gasteiger partial charge in [0, 0.05) is 44.9 Å². The SMILES string of the molecule is COCC1CN(c2ccc3c(n2)CC[C@H](N)C3)CC1N(C)C(=O)OC(C)(C)C. The Hall–Kier alpha value is -1.86. The first-order valence-corrected chi connectivity index (χ1v) is 10.1. The second-order valence-electron chi connectivity index (χ2n) is 9.06. The number of nitrogens with two attached hydrogens (primary N) is 1. The summed E-state index contributed by atoms with van der Waals surface area (Å²) in [6.45, 7) is 7.76. The minimum absolute atomic E-state index is 0.0149. The van der Waals surface area contributed by atoms with Crippen LogP contribution in [-0.2, 0) is 22.3 Å². The fourth-order valence-corrected chi connectivity index (χ4v) is 4.13. The maximum atomic E-state index is 12.6. The molecule has 2 heterocycles. The van der Waals surface area contributed by atoms with Gasteiger partial charge in [0.1, 0.15) is 11.4 Å². The lowest BCUT2D eigenvalue weighted by Gasteiger charge is -2.31. The van der Waals surface area contributed by atoms with E-state index in [1.54, 1.807) is 12.0 Å². The van der Waals surface area contributed by atoms with Gasteiger partial charge in [-0.3, -0.25) is 0 Å². The molecule has 28 heavy (non-hydrogen) atoms. The van der Waals surface area contributed by atoms with E-state index in [2.05, 4.69) is 17.0 Å². The Morgan fingerprint density at radius 3 is 2.79 bits per heavy atom. The molecule has 1 aromatic heterocycles. The van der Waals surface area contributed by atoms with E-state index in [1.165, 1.54) is 5.56 Å². The van der Waals surface area contributed by atoms with E-state index in [9.17, 15) is 4.79 Å². The minimum atomic E-state index is -0.513. The monoisotopic (exact) mass is 390 g/mol. The summed E-state index contributed by atoms with van der Waals surface area (Å²) < 4.78 is 11.0. The van der Waals surface area contributed by atoms with E-state index >= 15 is 0 Å². The lowest BCUT2D eigenvalue weighted by Crippen LogP contribution is -2.45. The zero-order valence-corrected chi connectivity index (χ0v) is 17.8. The largest absolute Gasteiger partial charge is 0.444 e. The quantitative estimate of drug-likeness (QED) is 0.849. The van der Waals surface area contributed by atoms with Gasteiger partial charge in [0.2, 0.25) is 0 Å². The summed E-state index contributed by atoms with van der Waals surface area (Å²) in [5, 5.41) is 0. The van der Waals surface area contributed by atoms with Gasteiger partial charge in [0.15, 0.2) is 0 Å². The first-order valence-electron chi connectivity index (χ1n) is 10.1. The van der Waals surface area contributed by atoms with Crippen LogP contribution in [-0.4, -0.2) is 67.5 Å². The third-order valence-corrected chi connectivity index (χ3v) is 5.58. The molecule has 2 N–H and O–H groups in total. The van der Waals surface area contributed by atoms with Crippen molar-refractivity contribution in [2.75, 3.05) is 38.8 Å². The lowest BCUT2D eigenvalue weighted by molar-refractivity contribution is 0.0161. The molecule has 7 heteroatoms. The first-order chi connectivity index (χ1) is 13.2. The summed E-state index contributed by atoms with van der Waals surface area (Å²) >= 11 is 0. The molecule has 1 aliphatic heterocycles. The van der Waals surface area contributed by atoms with Gasteiger partial charge < -0.3 is 25.0 Å². The molecular formula is C21H34N4O3. The number of ether oxygens (including phenoxy) is 2. The molecule has 156 valence electrons. The smallest absolute Gasteiger partial charge is 0.410 e. The number of fused-ring (bicyclic) bond motifs is 1. The second kappa shape index (κ2) is 8.25. The number of aromatic nitrogens is 1. The van der Waals surface area contributed by atoms with Gasteiger partial charge in [0.05, 0.1) is 12.6 Å². The molecule has 7 nitrogen and oxygen atoms in total. The van der Waals surface area contributed by atoms with E-state index in [0.717, 1.165) is 43.9 Å². The van der Waals surface area contributed by atoms with Crippen LogP contribution in [0.15, 0.2) is 12.1 Å². The summed E-state index contributed by atoms with van der Waals surface area (Å²) in [5.74, 6) is 1.17. The van der Waals surface area contributed by atoms with Crippen LogP contribution in [0.2, 0.25) is 0 Å². The van der Waals surface area contributed by atoms with Crippen LogP contribution in [0.25, 0.3) is 0 Å². The van der Waals surface area contributed by atoms with Gasteiger partial charge in [-0.2, -0.15) is 0 Å². The van der Waals surface area contributed by atoms with Crippen LogP contribution in [0, 0.1) is 5.92 Å². The van der Waals surface area contributed by atoms with E-state index in [-0.39, 0.29) is 24.1 Å². The zero-order valence-electron chi connectivity index (χ0n) is 17.8. The molecule has 1 saturated heterocycles. The van der Waals surface area contributed by atoms with Gasteiger partial charge >= 0.3 is 6.09 Å². The number of pyridine rings is 1. The normalized spacial score (nSPS) is 24.8. The number of likely N-dealkylation sites (N-methyl/N-ethyl adjacent to an activating group) is 1. The van der Waals surface area contributed by atoms with E-state index in [1.807, 2.05) is 27.8 Å². The molecule has 0 bridgehead atoms. The van der Waals surface area contributed by atoms with Crippen molar-refractivity contribution in [3.05, 3.63) is 23.4 Å². The van der Waals surface area contributed by atoms with Crippen molar-refractivity contribution in [1.82, 2.24) is 9.88 Å². The van der Waals surface area contributed by atoms with Crippen LogP contribution in [0.3, 0.4) is 0 Å². The number of aryl methyl sites for hydroxylation is 1. The highest BCUT2D eigenvalue weighted by Crippen LogP contribution is 2.29. The van der Waals surface area contributed by atoms with Crippen molar-refractivity contribution in [2.24, 2.45) is 11.7 Å². The third kappa shape index (κ3) is 4.75. The predicted molar refractivity (Wildman–Crippen MR) is 110 cm³/mol. The Bertz CT molecular complexity index is 703. The number of nitrogens with zero attached hydrogens (tertiary/aromatic N) is 3. The fraction of sp³-hybridized carbons (Fsp3) is 0.714. The summed E-state index contributed by atoms with van der Waals surface area (Å²) in [6, 6.07) is 4.50. The lowest BCUT2D eigenvalue weighted by atomic mass is 9.92. The highest BCUT2D eigenvalue weighted by atomic mass is 16.6. The van der Waals surface area contributed by atoms with Crippen LogP contribution >= 0.6 is 0 Å². The van der Waals surface area contributed by atoms with Crippen LogP contribution in [0.1, 0.15) is 38.4 Å². The van der Waals surface area contributed by atoms with Crippen molar-refractivity contribution < 1.29 is 14.3 Å². The van der Waals surface area contributed by atoms with Crippen LogP contribution in [0.4, 0.5) is 10.6 Å². The van der Waals surface area contributed by atoms with Crippen molar-refractivity contribution in [2.45, 2.75) is 57.7 Å². The Balaban J connectivity index is 1.75. The van der Waals surface area contributed by atoms with E-state index in [0.29, 0.717) is 6.61 Å². The van der Waals surface area contributed by atoms with Crippen molar-refractivity contribution >= 4 is 11.9 Å². The molecule has 3 atom stereocenters. The Morgan fingerprint density at radius 2 is 2.11 bits per heavy atom. The number of hydrogen-bond donors (Lipinski definition) is 1. The molecule has 2 unspecified atom stereocenters. The average Bonchev–Trinajstić information content (AvgIpc) is 3.03. The standard InChI is InChI=1S/C21H34N4O3/c1-21(2,3)28-20(26)24(4)18-12-25(11-15(18)13-27-5)19-9-6-14-10-16(22)7-8-17(14)23-19/h6,9,15-16,18H,7-8,10-13,22H2,1-5H3/t15?,16-,18?/m0/s1. The molecule has 0 radical (unpaired) electrons. The van der Waals surface area contributed by atoms with E-state index in [4.69, 9.17) is 20.2 Å². The number of hydrogen-bond acceptors (Lipinski definition) is 6. The number of amides is 1. The van der Waals surface area contributed by atoms with Gasteiger partial charge in [-0.25, -0.2) is 9.78 Å². The summed E-state index contributed by atoms with van der Waals surface area (Å²) in [5.41, 5.74) is 7.99. The molecule has 1 aromatic rings. The average molecular weight is 391 g/mol. The molecule has 1 fully saturated rings. The summed E-state index contributed by atoms with van der Waals surface area (Å²) in [4.78, 5) is 21.5. The number of methoxy groups -OCH3 is 1. The van der Waals surface area contributed by atoms with E-state index < -0.39 is 5.60 Å². The molecule has 1 amide bonds. The molecule has 3 rings (SSSR count). The van der Waals surface area contributed by atoms with Crippen molar-refractivity contribution in [1.29, 1.82) is 0 Å². The first kappa shape index (κ1) is 20.9. The van der Waals surface area contributed by atoms with Gasteiger partial charge in [-0.05, 0) is 51.7 Å². The molecule has 2 aliphatic rings. The number of rotatable bonds is 4. The molecule has 0 aromatic carbocycles. The number of anilines is 1. The second-order valence-corrected chi connectivity index (χ2v) is 9.06. The van der Waals surface area contributed by atoms with Crippen molar-refractivity contribution in [3.8, 4) is 0 Å². The fourth-order valence-electron chi connectivity index (χ4n) is 4.13. The maximum absolute atomic E-state index is 12.6. The van der Waals surface area contributed by atoms with Gasteiger partial charge in [0.25, 0.3) is 0 Å². The summed E-state index contributed by atoms with van der Waals surface area (Å²) in [7, 11) is 3.51. The topological polar surface area (TPSA) is 80.9 Å². The zero-order chi connectivity index (χ0) is 20.5. The van der Waals surface area contributed by atoms with Crippen LogP contribution < -0.4 is 10.6 Å². The molecule has 0 spiro atoms. The Kier molecular flexibility index (Phi) is 6.15. The Morgan fingerprint density at radius 1 is 1.36 bits per heavy atom. The third-order valence-electron chi connectivity index (χ3n) is 5.58. The van der Waals surface area contributed by atoms with Gasteiger partial charge in [-0.15, -0.1) is 0 Å². The maximum Gasteiger partial charge on any atom is 0.410 e. The highest BCUT2D eigenvalue weighted by molar-refractivity contribution is 5.68. The molecule has 0 saturated carbocycles.